The van der Waals surface area contributed by atoms with Gasteiger partial charge in [0.15, 0.2) is 0 Å². The molecule has 0 bridgehead atoms. The van der Waals surface area contributed by atoms with Gasteiger partial charge in [-0.3, -0.25) is 0 Å². The summed E-state index contributed by atoms with van der Waals surface area (Å²) in [5, 5.41) is 0. The van der Waals surface area contributed by atoms with Crippen LogP contribution in [-0.4, -0.2) is 15.5 Å². The van der Waals surface area contributed by atoms with E-state index >= 15 is 0 Å². The van der Waals surface area contributed by atoms with Crippen molar-refractivity contribution in [3.8, 4) is 0 Å². The molecule has 1 fully saturated rings. The van der Waals surface area contributed by atoms with E-state index in [-0.39, 0.29) is 4.75 Å². The fourth-order valence-corrected chi connectivity index (χ4v) is 2.38. The maximum Gasteiger partial charge on any atom is 0.144 e. The molecular formula is C12H23NOS. The summed E-state index contributed by atoms with van der Waals surface area (Å²) < 4.78 is 15.5. The highest BCUT2D eigenvalue weighted by Gasteiger charge is 2.25. The number of hydrogen-bond donors (Lipinski definition) is 0. The molecule has 88 valence electrons. The third-order valence-electron chi connectivity index (χ3n) is 2.86. The van der Waals surface area contributed by atoms with E-state index in [9.17, 15) is 4.55 Å². The summed E-state index contributed by atoms with van der Waals surface area (Å²) in [7, 11) is 0. The van der Waals surface area contributed by atoms with Gasteiger partial charge in [-0.2, -0.15) is 0 Å². The van der Waals surface area contributed by atoms with Crippen LogP contribution in [0, 0.1) is 5.92 Å². The Morgan fingerprint density at radius 3 is 2.40 bits per heavy atom. The molecule has 0 amide bonds. The summed E-state index contributed by atoms with van der Waals surface area (Å²) in [6.07, 6.45) is 9.67. The highest BCUT2D eigenvalue weighted by atomic mass is 32.2. The molecule has 0 aliphatic heterocycles. The minimum atomic E-state index is -1.07. The first-order valence-electron chi connectivity index (χ1n) is 5.94. The second-order valence-corrected chi connectivity index (χ2v) is 7.32. The average Bonchev–Trinajstić information content (AvgIpc) is 2.18. The molecule has 2 nitrogen and oxygen atoms in total. The average molecular weight is 229 g/mol. The normalized spacial score (nSPS) is 22.1. The topological polar surface area (TPSA) is 35.4 Å². The van der Waals surface area contributed by atoms with E-state index in [1.807, 2.05) is 27.0 Å². The van der Waals surface area contributed by atoms with E-state index in [4.69, 9.17) is 0 Å². The van der Waals surface area contributed by atoms with Crippen LogP contribution in [0.1, 0.15) is 59.3 Å². The number of hydrogen-bond acceptors (Lipinski definition) is 2. The molecule has 1 atom stereocenters. The van der Waals surface area contributed by atoms with Gasteiger partial charge in [0.25, 0.3) is 0 Å². The molecule has 1 rings (SSSR count). The summed E-state index contributed by atoms with van der Waals surface area (Å²) in [6.45, 7) is 5.88. The Hall–Kier alpha value is -0.0200. The fraction of sp³-hybridized carbons (Fsp3) is 0.917. The van der Waals surface area contributed by atoms with Crippen LogP contribution in [0.3, 0.4) is 0 Å². The zero-order valence-electron chi connectivity index (χ0n) is 10.2. The van der Waals surface area contributed by atoms with Crippen molar-refractivity contribution in [2.24, 2.45) is 10.3 Å². The molecule has 0 aromatic carbocycles. The molecular weight excluding hydrogens is 206 g/mol. The van der Waals surface area contributed by atoms with Gasteiger partial charge in [-0.25, -0.2) is 0 Å². The van der Waals surface area contributed by atoms with Crippen LogP contribution in [0.15, 0.2) is 4.40 Å². The first kappa shape index (κ1) is 13.0. The van der Waals surface area contributed by atoms with Crippen molar-refractivity contribution in [3.05, 3.63) is 0 Å². The van der Waals surface area contributed by atoms with Crippen LogP contribution < -0.4 is 0 Å². The van der Waals surface area contributed by atoms with Gasteiger partial charge in [-0.15, -0.1) is 0 Å². The monoisotopic (exact) mass is 229 g/mol. The van der Waals surface area contributed by atoms with Gasteiger partial charge >= 0.3 is 0 Å². The van der Waals surface area contributed by atoms with Crippen molar-refractivity contribution in [1.29, 1.82) is 0 Å². The second kappa shape index (κ2) is 5.90. The molecule has 15 heavy (non-hydrogen) atoms. The highest BCUT2D eigenvalue weighted by molar-refractivity contribution is 7.91. The predicted octanol–water partition coefficient (Wildman–Crippen LogP) is 3.49. The molecule has 0 unspecified atom stereocenters. The Kier molecular flexibility index (Phi) is 5.13. The third-order valence-corrected chi connectivity index (χ3v) is 4.25. The Balaban J connectivity index is 2.26. The third kappa shape index (κ3) is 5.03. The summed E-state index contributed by atoms with van der Waals surface area (Å²) >= 11 is -1.07. The van der Waals surface area contributed by atoms with Crippen molar-refractivity contribution in [3.63, 3.8) is 0 Å². The van der Waals surface area contributed by atoms with Crippen LogP contribution in [0.2, 0.25) is 0 Å². The maximum atomic E-state index is 11.6. The van der Waals surface area contributed by atoms with Crippen LogP contribution in [0.4, 0.5) is 0 Å². The van der Waals surface area contributed by atoms with E-state index in [0.29, 0.717) is 0 Å². The summed E-state index contributed by atoms with van der Waals surface area (Å²) in [4.78, 5) is 0. The lowest BCUT2D eigenvalue weighted by Gasteiger charge is -2.20. The minimum absolute atomic E-state index is 0.219. The molecule has 1 aliphatic rings. The van der Waals surface area contributed by atoms with Gasteiger partial charge in [0, 0.05) is 0 Å². The van der Waals surface area contributed by atoms with Crippen LogP contribution in [0.25, 0.3) is 0 Å². The van der Waals surface area contributed by atoms with Gasteiger partial charge in [0.2, 0.25) is 0 Å². The van der Waals surface area contributed by atoms with E-state index in [1.54, 1.807) is 0 Å². The molecule has 0 radical (unpaired) electrons. The van der Waals surface area contributed by atoms with Crippen molar-refractivity contribution >= 4 is 17.6 Å². The highest BCUT2D eigenvalue weighted by Crippen LogP contribution is 2.25. The van der Waals surface area contributed by atoms with E-state index in [2.05, 4.69) is 4.40 Å². The molecule has 3 heteroatoms. The van der Waals surface area contributed by atoms with Gasteiger partial charge in [0.1, 0.15) is 16.1 Å². The molecule has 0 aromatic rings. The van der Waals surface area contributed by atoms with Crippen molar-refractivity contribution in [1.82, 2.24) is 0 Å². The van der Waals surface area contributed by atoms with Crippen molar-refractivity contribution in [2.75, 3.05) is 0 Å². The van der Waals surface area contributed by atoms with Crippen molar-refractivity contribution in [2.45, 2.75) is 64.0 Å². The molecule has 0 N–H and O–H groups in total. The van der Waals surface area contributed by atoms with E-state index in [0.717, 1.165) is 12.3 Å². The molecule has 0 heterocycles. The van der Waals surface area contributed by atoms with Gasteiger partial charge in [-0.05, 0) is 33.1 Å². The SMILES string of the molecule is CC(C)(C)[S@@+]([O-])/N=C/CC1CCCCC1. The first-order chi connectivity index (χ1) is 7.00. The molecule has 0 spiro atoms. The Bertz CT molecular complexity index is 204. The molecule has 0 saturated heterocycles. The Labute approximate surface area is 96.9 Å². The molecule has 1 aliphatic carbocycles. The van der Waals surface area contributed by atoms with Gasteiger partial charge < -0.3 is 4.55 Å². The zero-order chi connectivity index (χ0) is 11.3. The largest absolute Gasteiger partial charge is 0.591 e. The summed E-state index contributed by atoms with van der Waals surface area (Å²) in [6, 6.07) is 0. The smallest absolute Gasteiger partial charge is 0.144 e. The Morgan fingerprint density at radius 2 is 1.87 bits per heavy atom. The summed E-state index contributed by atoms with van der Waals surface area (Å²) in [5.41, 5.74) is 0. The van der Waals surface area contributed by atoms with Crippen molar-refractivity contribution < 1.29 is 4.55 Å². The maximum absolute atomic E-state index is 11.6. The molecule has 1 saturated carbocycles. The number of nitrogens with zero attached hydrogens (tertiary/aromatic N) is 1. The molecule has 0 aromatic heterocycles. The number of rotatable bonds is 3. The lowest BCUT2D eigenvalue weighted by atomic mass is 9.87. The minimum Gasteiger partial charge on any atom is -0.591 e. The zero-order valence-corrected chi connectivity index (χ0v) is 11.0. The van der Waals surface area contributed by atoms with E-state index in [1.165, 1.54) is 32.1 Å². The first-order valence-corrected chi connectivity index (χ1v) is 7.05. The second-order valence-electron chi connectivity index (χ2n) is 5.39. The van der Waals surface area contributed by atoms with Gasteiger partial charge in [-0.1, -0.05) is 36.5 Å². The van der Waals surface area contributed by atoms with Crippen LogP contribution >= 0.6 is 0 Å². The standard InChI is InChI=1S/C12H23NOS/c1-12(2,3)15(14)13-10-9-11-7-5-4-6-8-11/h10-11H,4-9H2,1-3H3/b13-10+/t15-/m1/s1. The summed E-state index contributed by atoms with van der Waals surface area (Å²) in [5.74, 6) is 0.791. The van der Waals surface area contributed by atoms with Crippen LogP contribution in [-0.2, 0) is 11.4 Å². The quantitative estimate of drug-likeness (QED) is 0.539. The predicted molar refractivity (Wildman–Crippen MR) is 67.6 cm³/mol. The Morgan fingerprint density at radius 1 is 1.27 bits per heavy atom. The van der Waals surface area contributed by atoms with Gasteiger partial charge in [0.05, 0.1) is 6.21 Å². The van der Waals surface area contributed by atoms with E-state index < -0.39 is 11.4 Å². The fourth-order valence-electron chi connectivity index (χ4n) is 1.84. The lowest BCUT2D eigenvalue weighted by Crippen LogP contribution is -2.25. The van der Waals surface area contributed by atoms with Crippen LogP contribution in [0.5, 0.6) is 0 Å². The lowest BCUT2D eigenvalue weighted by molar-refractivity contribution is 0.370.